The normalized spacial score (nSPS) is 10.2. The zero-order valence-corrected chi connectivity index (χ0v) is 7.49. The second-order valence-corrected chi connectivity index (χ2v) is 3.01. The first kappa shape index (κ1) is 7.92. The summed E-state index contributed by atoms with van der Waals surface area (Å²) in [5.74, 6) is 0. The summed E-state index contributed by atoms with van der Waals surface area (Å²) in [5.41, 5.74) is 3.94. The standard InChI is InChI=1S/C11H10N2/c1-8(2)9-4-3-5-10-11(9)13-7-6-12-10/h3-7H,1H2,2H3. The third-order valence-corrected chi connectivity index (χ3v) is 1.96. The summed E-state index contributed by atoms with van der Waals surface area (Å²) < 4.78 is 0. The van der Waals surface area contributed by atoms with Gasteiger partial charge in [0.1, 0.15) is 0 Å². The number of fused-ring (bicyclic) bond motifs is 1. The fourth-order valence-corrected chi connectivity index (χ4v) is 1.34. The van der Waals surface area contributed by atoms with Gasteiger partial charge in [0.05, 0.1) is 11.0 Å². The maximum atomic E-state index is 4.28. The van der Waals surface area contributed by atoms with E-state index in [2.05, 4.69) is 16.5 Å². The highest BCUT2D eigenvalue weighted by Crippen LogP contribution is 2.19. The molecule has 2 aromatic rings. The first-order valence-corrected chi connectivity index (χ1v) is 4.14. The van der Waals surface area contributed by atoms with Crippen LogP contribution >= 0.6 is 0 Å². The number of allylic oxidation sites excluding steroid dienone is 1. The summed E-state index contributed by atoms with van der Waals surface area (Å²) in [7, 11) is 0. The zero-order chi connectivity index (χ0) is 9.26. The molecule has 1 heterocycles. The molecule has 64 valence electrons. The van der Waals surface area contributed by atoms with Crippen LogP contribution < -0.4 is 0 Å². The van der Waals surface area contributed by atoms with Gasteiger partial charge >= 0.3 is 0 Å². The van der Waals surface area contributed by atoms with Crippen LogP contribution in [0.3, 0.4) is 0 Å². The summed E-state index contributed by atoms with van der Waals surface area (Å²) >= 11 is 0. The number of rotatable bonds is 1. The number of aromatic nitrogens is 2. The second kappa shape index (κ2) is 2.98. The first-order valence-electron chi connectivity index (χ1n) is 4.14. The van der Waals surface area contributed by atoms with Gasteiger partial charge < -0.3 is 0 Å². The van der Waals surface area contributed by atoms with Gasteiger partial charge in [-0.2, -0.15) is 0 Å². The fourth-order valence-electron chi connectivity index (χ4n) is 1.34. The molecule has 2 heteroatoms. The largest absolute Gasteiger partial charge is 0.253 e. The third kappa shape index (κ3) is 1.31. The minimum Gasteiger partial charge on any atom is -0.253 e. The zero-order valence-electron chi connectivity index (χ0n) is 7.49. The lowest BCUT2D eigenvalue weighted by Crippen LogP contribution is -1.87. The summed E-state index contributed by atoms with van der Waals surface area (Å²) in [4.78, 5) is 8.50. The van der Waals surface area contributed by atoms with Gasteiger partial charge in [-0.1, -0.05) is 18.7 Å². The van der Waals surface area contributed by atoms with E-state index in [0.29, 0.717) is 0 Å². The van der Waals surface area contributed by atoms with Crippen LogP contribution in [0.5, 0.6) is 0 Å². The van der Waals surface area contributed by atoms with Crippen LogP contribution in [0.15, 0.2) is 37.2 Å². The maximum Gasteiger partial charge on any atom is 0.0961 e. The van der Waals surface area contributed by atoms with Crippen molar-refractivity contribution in [2.45, 2.75) is 6.92 Å². The van der Waals surface area contributed by atoms with Crippen molar-refractivity contribution in [3.05, 3.63) is 42.7 Å². The van der Waals surface area contributed by atoms with Crippen LogP contribution in [0, 0.1) is 0 Å². The summed E-state index contributed by atoms with van der Waals surface area (Å²) in [6.45, 7) is 5.88. The molecule has 13 heavy (non-hydrogen) atoms. The molecule has 0 saturated carbocycles. The summed E-state index contributed by atoms with van der Waals surface area (Å²) in [5, 5.41) is 0. The van der Waals surface area contributed by atoms with Gasteiger partial charge in [0.15, 0.2) is 0 Å². The first-order chi connectivity index (χ1) is 6.29. The van der Waals surface area contributed by atoms with E-state index in [4.69, 9.17) is 0 Å². The Bertz CT molecular complexity index is 455. The molecule has 0 fully saturated rings. The van der Waals surface area contributed by atoms with Crippen LogP contribution in [0.25, 0.3) is 16.6 Å². The quantitative estimate of drug-likeness (QED) is 0.657. The lowest BCUT2D eigenvalue weighted by atomic mass is 10.1. The molecule has 0 N–H and O–H groups in total. The van der Waals surface area contributed by atoms with Gasteiger partial charge in [0.25, 0.3) is 0 Å². The molecule has 2 rings (SSSR count). The smallest absolute Gasteiger partial charge is 0.0961 e. The Morgan fingerprint density at radius 2 is 2.00 bits per heavy atom. The van der Waals surface area contributed by atoms with Crippen LogP contribution in [-0.4, -0.2) is 9.97 Å². The SMILES string of the molecule is C=C(C)c1cccc2nccnc12. The molecule has 0 aliphatic rings. The Balaban J connectivity index is 2.83. The van der Waals surface area contributed by atoms with Crippen molar-refractivity contribution in [1.82, 2.24) is 9.97 Å². The highest BCUT2D eigenvalue weighted by atomic mass is 14.8. The average molecular weight is 170 g/mol. The number of benzene rings is 1. The number of nitrogens with zero attached hydrogens (tertiary/aromatic N) is 2. The van der Waals surface area contributed by atoms with E-state index in [9.17, 15) is 0 Å². The fraction of sp³-hybridized carbons (Fsp3) is 0.0909. The van der Waals surface area contributed by atoms with Gasteiger partial charge in [0.2, 0.25) is 0 Å². The van der Waals surface area contributed by atoms with Crippen molar-refractivity contribution in [1.29, 1.82) is 0 Å². The number of hydrogen-bond acceptors (Lipinski definition) is 2. The molecule has 0 aliphatic heterocycles. The Morgan fingerprint density at radius 3 is 2.77 bits per heavy atom. The van der Waals surface area contributed by atoms with Gasteiger partial charge in [-0.05, 0) is 18.6 Å². The minimum atomic E-state index is 0.919. The van der Waals surface area contributed by atoms with Crippen LogP contribution in [0.4, 0.5) is 0 Å². The Labute approximate surface area is 77.0 Å². The molecule has 0 unspecified atom stereocenters. The molecule has 0 spiro atoms. The van der Waals surface area contributed by atoms with E-state index in [0.717, 1.165) is 22.2 Å². The van der Waals surface area contributed by atoms with Crippen molar-refractivity contribution in [3.63, 3.8) is 0 Å². The maximum absolute atomic E-state index is 4.28. The van der Waals surface area contributed by atoms with E-state index < -0.39 is 0 Å². The second-order valence-electron chi connectivity index (χ2n) is 3.01. The highest BCUT2D eigenvalue weighted by molar-refractivity contribution is 5.87. The van der Waals surface area contributed by atoms with Gasteiger partial charge in [-0.3, -0.25) is 9.97 Å². The molecule has 0 bridgehead atoms. The molecule has 1 aromatic heterocycles. The average Bonchev–Trinajstić information content (AvgIpc) is 2.17. The van der Waals surface area contributed by atoms with E-state index in [-0.39, 0.29) is 0 Å². The predicted molar refractivity (Wildman–Crippen MR) is 54.2 cm³/mol. The van der Waals surface area contributed by atoms with E-state index in [1.807, 2.05) is 25.1 Å². The lowest BCUT2D eigenvalue weighted by Gasteiger charge is -2.02. The molecular weight excluding hydrogens is 160 g/mol. The molecule has 0 radical (unpaired) electrons. The predicted octanol–water partition coefficient (Wildman–Crippen LogP) is 2.66. The summed E-state index contributed by atoms with van der Waals surface area (Å²) in [6, 6.07) is 5.94. The van der Waals surface area contributed by atoms with Crippen molar-refractivity contribution in [2.24, 2.45) is 0 Å². The molecule has 0 aliphatic carbocycles. The molecule has 1 aromatic carbocycles. The van der Waals surface area contributed by atoms with Crippen molar-refractivity contribution < 1.29 is 0 Å². The van der Waals surface area contributed by atoms with E-state index in [1.165, 1.54) is 0 Å². The topological polar surface area (TPSA) is 25.8 Å². The molecule has 0 amide bonds. The van der Waals surface area contributed by atoms with Crippen LogP contribution in [0.1, 0.15) is 12.5 Å². The Kier molecular flexibility index (Phi) is 1.81. The third-order valence-electron chi connectivity index (χ3n) is 1.96. The van der Waals surface area contributed by atoms with Crippen LogP contribution in [0.2, 0.25) is 0 Å². The molecule has 2 nitrogen and oxygen atoms in total. The highest BCUT2D eigenvalue weighted by Gasteiger charge is 2.01. The lowest BCUT2D eigenvalue weighted by molar-refractivity contribution is 1.29. The van der Waals surface area contributed by atoms with Gasteiger partial charge in [-0.15, -0.1) is 0 Å². The molecule has 0 atom stereocenters. The minimum absolute atomic E-state index is 0.919. The van der Waals surface area contributed by atoms with Crippen molar-refractivity contribution in [2.75, 3.05) is 0 Å². The summed E-state index contributed by atoms with van der Waals surface area (Å²) in [6.07, 6.45) is 3.40. The molecule has 0 saturated heterocycles. The number of para-hydroxylation sites is 1. The van der Waals surface area contributed by atoms with Crippen molar-refractivity contribution >= 4 is 16.6 Å². The molecular formula is C11H10N2. The van der Waals surface area contributed by atoms with Gasteiger partial charge in [0, 0.05) is 18.0 Å². The Morgan fingerprint density at radius 1 is 1.23 bits per heavy atom. The number of hydrogen-bond donors (Lipinski definition) is 0. The van der Waals surface area contributed by atoms with Crippen molar-refractivity contribution in [3.8, 4) is 0 Å². The van der Waals surface area contributed by atoms with Crippen LogP contribution in [-0.2, 0) is 0 Å². The van der Waals surface area contributed by atoms with Gasteiger partial charge in [-0.25, -0.2) is 0 Å². The van der Waals surface area contributed by atoms with E-state index in [1.54, 1.807) is 12.4 Å². The monoisotopic (exact) mass is 170 g/mol. The van der Waals surface area contributed by atoms with E-state index >= 15 is 0 Å². The Hall–Kier alpha value is -1.70.